The Morgan fingerprint density at radius 2 is 1.89 bits per heavy atom. The second-order valence-electron chi connectivity index (χ2n) is 8.58. The molecule has 6 heterocycles. The maximum atomic E-state index is 11.8. The molecule has 0 aliphatic carbocycles. The van der Waals surface area contributed by atoms with E-state index in [0.717, 1.165) is 72.9 Å². The van der Waals surface area contributed by atoms with E-state index in [0.29, 0.717) is 5.65 Å². The fourth-order valence-electron chi connectivity index (χ4n) is 4.32. The standard InChI is InChI=1S/C27H23N7OS/c1-3-28-11-16-8-17(13-29-12-16)18-9-21-25(33-34-27(21)31-14-18)22-10-20-19(6-7-30-26(20)32-22)24-5-4-23(36-24)15(2)35/h4-10,12-14,28H,3,11H2,1-2H3,(H,30,32)(H,31,33,34). The first-order chi connectivity index (χ1) is 17.6. The molecule has 6 rings (SSSR count). The quantitative estimate of drug-likeness (QED) is 0.249. The van der Waals surface area contributed by atoms with Crippen molar-refractivity contribution in [3.63, 3.8) is 0 Å². The molecule has 0 spiro atoms. The van der Waals surface area contributed by atoms with E-state index in [4.69, 9.17) is 0 Å². The zero-order chi connectivity index (χ0) is 24.6. The number of thiophene rings is 1. The van der Waals surface area contributed by atoms with Crippen LogP contribution >= 0.6 is 11.3 Å². The number of hydrogen-bond donors (Lipinski definition) is 3. The highest BCUT2D eigenvalue weighted by atomic mass is 32.1. The van der Waals surface area contributed by atoms with Gasteiger partial charge in [0.05, 0.1) is 10.6 Å². The van der Waals surface area contributed by atoms with Gasteiger partial charge >= 0.3 is 0 Å². The van der Waals surface area contributed by atoms with Crippen LogP contribution < -0.4 is 5.32 Å². The molecular weight excluding hydrogens is 470 g/mol. The zero-order valence-electron chi connectivity index (χ0n) is 19.8. The van der Waals surface area contributed by atoms with Crippen molar-refractivity contribution in [1.82, 2.24) is 35.5 Å². The largest absolute Gasteiger partial charge is 0.338 e. The van der Waals surface area contributed by atoms with Crippen LogP contribution in [-0.2, 0) is 6.54 Å². The van der Waals surface area contributed by atoms with Crippen molar-refractivity contribution >= 4 is 39.2 Å². The first-order valence-corrected chi connectivity index (χ1v) is 12.5. The Bertz CT molecular complexity index is 1730. The Morgan fingerprint density at radius 1 is 1.00 bits per heavy atom. The molecule has 36 heavy (non-hydrogen) atoms. The number of nitrogens with zero attached hydrogens (tertiary/aromatic N) is 4. The number of carbonyl (C=O) groups excluding carboxylic acids is 1. The van der Waals surface area contributed by atoms with Crippen LogP contribution in [0.5, 0.6) is 0 Å². The molecule has 0 aliphatic rings. The van der Waals surface area contributed by atoms with Crippen LogP contribution in [0.4, 0.5) is 0 Å². The minimum atomic E-state index is 0.0694. The Hall–Kier alpha value is -4.21. The van der Waals surface area contributed by atoms with Crippen LogP contribution in [0.15, 0.2) is 61.2 Å². The molecule has 9 heteroatoms. The highest BCUT2D eigenvalue weighted by Gasteiger charge is 2.17. The third-order valence-corrected chi connectivity index (χ3v) is 7.35. The van der Waals surface area contributed by atoms with E-state index in [-0.39, 0.29) is 5.78 Å². The van der Waals surface area contributed by atoms with Crippen LogP contribution in [0.2, 0.25) is 0 Å². The summed E-state index contributed by atoms with van der Waals surface area (Å²) >= 11 is 1.49. The fourth-order valence-corrected chi connectivity index (χ4v) is 5.26. The van der Waals surface area contributed by atoms with Crippen molar-refractivity contribution in [2.75, 3.05) is 6.54 Å². The molecule has 0 bridgehead atoms. The summed E-state index contributed by atoms with van der Waals surface area (Å²) in [5.41, 5.74) is 7.23. The van der Waals surface area contributed by atoms with E-state index in [1.807, 2.05) is 36.8 Å². The predicted molar refractivity (Wildman–Crippen MR) is 143 cm³/mol. The number of rotatable bonds is 7. The minimum Gasteiger partial charge on any atom is -0.338 e. The number of nitrogens with one attached hydrogen (secondary N) is 3. The van der Waals surface area contributed by atoms with E-state index in [1.54, 1.807) is 13.1 Å². The molecule has 0 radical (unpaired) electrons. The second kappa shape index (κ2) is 9.10. The van der Waals surface area contributed by atoms with Crippen LogP contribution in [-0.4, -0.2) is 42.5 Å². The molecule has 6 aromatic rings. The molecular formula is C27H23N7OS. The number of carbonyl (C=O) groups is 1. The molecule has 6 aromatic heterocycles. The summed E-state index contributed by atoms with van der Waals surface area (Å²) in [6.45, 7) is 5.35. The topological polar surface area (TPSA) is 112 Å². The lowest BCUT2D eigenvalue weighted by Crippen LogP contribution is -2.11. The molecule has 0 saturated carbocycles. The summed E-state index contributed by atoms with van der Waals surface area (Å²) in [6.07, 6.45) is 7.35. The molecule has 3 N–H and O–H groups in total. The summed E-state index contributed by atoms with van der Waals surface area (Å²) in [4.78, 5) is 30.5. The van der Waals surface area contributed by atoms with Crippen LogP contribution in [0.3, 0.4) is 0 Å². The Morgan fingerprint density at radius 3 is 2.72 bits per heavy atom. The van der Waals surface area contributed by atoms with Gasteiger partial charge < -0.3 is 10.3 Å². The summed E-state index contributed by atoms with van der Waals surface area (Å²) in [6, 6.07) is 12.1. The maximum Gasteiger partial charge on any atom is 0.169 e. The van der Waals surface area contributed by atoms with E-state index in [2.05, 4.69) is 60.6 Å². The lowest BCUT2D eigenvalue weighted by Gasteiger charge is -2.05. The molecule has 0 amide bonds. The smallest absolute Gasteiger partial charge is 0.169 e. The average molecular weight is 494 g/mol. The monoisotopic (exact) mass is 493 g/mol. The molecule has 0 aliphatic heterocycles. The van der Waals surface area contributed by atoms with E-state index in [9.17, 15) is 4.79 Å². The average Bonchev–Trinajstić information content (AvgIpc) is 3.64. The third kappa shape index (κ3) is 3.98. The summed E-state index contributed by atoms with van der Waals surface area (Å²) < 4.78 is 0. The van der Waals surface area contributed by atoms with Gasteiger partial charge in [-0.3, -0.25) is 14.9 Å². The van der Waals surface area contributed by atoms with Gasteiger partial charge in [-0.25, -0.2) is 9.97 Å². The van der Waals surface area contributed by atoms with E-state index in [1.165, 1.54) is 11.3 Å². The highest BCUT2D eigenvalue weighted by Crippen LogP contribution is 2.36. The summed E-state index contributed by atoms with van der Waals surface area (Å²) in [5, 5.41) is 12.8. The maximum absolute atomic E-state index is 11.8. The van der Waals surface area contributed by atoms with Gasteiger partial charge in [0.2, 0.25) is 0 Å². The number of Topliss-reactive ketones (excluding diaryl/α,β-unsaturated/α-hetero) is 1. The molecule has 0 saturated heterocycles. The number of aromatic amines is 2. The van der Waals surface area contributed by atoms with Crippen molar-refractivity contribution in [2.24, 2.45) is 0 Å². The number of aromatic nitrogens is 6. The van der Waals surface area contributed by atoms with Crippen molar-refractivity contribution in [1.29, 1.82) is 0 Å². The number of H-pyrrole nitrogens is 2. The highest BCUT2D eigenvalue weighted by molar-refractivity contribution is 7.17. The van der Waals surface area contributed by atoms with Crippen molar-refractivity contribution in [3.8, 4) is 33.0 Å². The number of pyridine rings is 3. The molecule has 0 unspecified atom stereocenters. The fraction of sp³-hybridized carbons (Fsp3) is 0.148. The van der Waals surface area contributed by atoms with Gasteiger partial charge in [0.25, 0.3) is 0 Å². The third-order valence-electron chi connectivity index (χ3n) is 6.13. The SMILES string of the molecule is CCNCc1cncc(-c2cnc3[nH]nc(-c4cc5c(-c6ccc(C(C)=O)s6)ccnc5[nH]4)c3c2)c1. The normalized spacial score (nSPS) is 11.5. The van der Waals surface area contributed by atoms with Gasteiger partial charge in [0, 0.05) is 63.7 Å². The number of hydrogen-bond acceptors (Lipinski definition) is 7. The molecule has 0 aromatic carbocycles. The van der Waals surface area contributed by atoms with Gasteiger partial charge in [-0.1, -0.05) is 6.92 Å². The van der Waals surface area contributed by atoms with E-state index < -0.39 is 0 Å². The Balaban J connectivity index is 1.42. The van der Waals surface area contributed by atoms with E-state index >= 15 is 0 Å². The number of fused-ring (bicyclic) bond motifs is 2. The van der Waals surface area contributed by atoms with Crippen molar-refractivity contribution < 1.29 is 4.79 Å². The lowest BCUT2D eigenvalue weighted by atomic mass is 10.1. The summed E-state index contributed by atoms with van der Waals surface area (Å²) in [5.74, 6) is 0.0694. The Labute approximate surface area is 210 Å². The van der Waals surface area contributed by atoms with Crippen LogP contribution in [0, 0.1) is 0 Å². The van der Waals surface area contributed by atoms with Gasteiger partial charge in [0.15, 0.2) is 11.4 Å². The molecule has 8 nitrogen and oxygen atoms in total. The van der Waals surface area contributed by atoms with Crippen molar-refractivity contribution in [3.05, 3.63) is 71.6 Å². The first-order valence-electron chi connectivity index (χ1n) is 11.7. The van der Waals surface area contributed by atoms with Gasteiger partial charge in [0.1, 0.15) is 11.3 Å². The minimum absolute atomic E-state index is 0.0694. The zero-order valence-corrected chi connectivity index (χ0v) is 20.6. The molecule has 0 fully saturated rings. The van der Waals surface area contributed by atoms with Gasteiger partial charge in [-0.15, -0.1) is 11.3 Å². The lowest BCUT2D eigenvalue weighted by molar-refractivity contribution is 0.102. The van der Waals surface area contributed by atoms with Crippen LogP contribution in [0.1, 0.15) is 29.1 Å². The first kappa shape index (κ1) is 22.3. The molecule has 0 atom stereocenters. The molecule has 178 valence electrons. The van der Waals surface area contributed by atoms with Crippen molar-refractivity contribution in [2.45, 2.75) is 20.4 Å². The second-order valence-corrected chi connectivity index (χ2v) is 9.66. The number of ketones is 1. The van der Waals surface area contributed by atoms with Crippen LogP contribution in [0.25, 0.3) is 55.0 Å². The predicted octanol–water partition coefficient (Wildman–Crippen LogP) is 5.60. The van der Waals surface area contributed by atoms with Gasteiger partial charge in [-0.2, -0.15) is 5.10 Å². The Kier molecular flexibility index (Phi) is 5.63. The summed E-state index contributed by atoms with van der Waals surface area (Å²) in [7, 11) is 0. The van der Waals surface area contributed by atoms with Gasteiger partial charge in [-0.05, 0) is 55.4 Å².